The molecule has 5 nitrogen and oxygen atoms in total. The van der Waals surface area contributed by atoms with Crippen LogP contribution < -0.4 is 10.5 Å². The molecule has 2 N–H and O–H groups in total. The largest absolute Gasteiger partial charge is 0.489 e. The smallest absolute Gasteiger partial charge is 0.223 e. The Morgan fingerprint density at radius 1 is 1.38 bits per heavy atom. The van der Waals surface area contributed by atoms with Gasteiger partial charge in [0.1, 0.15) is 5.75 Å². The molecule has 2 rings (SSSR count). The minimum atomic E-state index is 0.0982. The van der Waals surface area contributed by atoms with Crippen molar-refractivity contribution >= 4 is 11.6 Å². The number of nitrogen functional groups attached to an aromatic ring is 1. The Labute approximate surface area is 126 Å². The Morgan fingerprint density at radius 2 is 2.10 bits per heavy atom. The van der Waals surface area contributed by atoms with Gasteiger partial charge < -0.3 is 20.1 Å². The van der Waals surface area contributed by atoms with Crippen LogP contribution in [0, 0.1) is 0 Å². The van der Waals surface area contributed by atoms with Gasteiger partial charge >= 0.3 is 0 Å². The van der Waals surface area contributed by atoms with Crippen LogP contribution >= 0.6 is 0 Å². The van der Waals surface area contributed by atoms with Crippen LogP contribution in [0.5, 0.6) is 5.75 Å². The second-order valence-corrected chi connectivity index (χ2v) is 5.53. The third-order valence-electron chi connectivity index (χ3n) is 3.43. The van der Waals surface area contributed by atoms with Crippen molar-refractivity contribution < 1.29 is 14.3 Å². The van der Waals surface area contributed by atoms with Gasteiger partial charge in [0.25, 0.3) is 0 Å². The second kappa shape index (κ2) is 7.31. The normalized spacial score (nSPS) is 15.3. The highest BCUT2D eigenvalue weighted by Crippen LogP contribution is 2.24. The number of hydrogen-bond donors (Lipinski definition) is 1. The van der Waals surface area contributed by atoms with E-state index in [1.165, 1.54) is 0 Å². The van der Waals surface area contributed by atoms with Crippen LogP contribution in [0.15, 0.2) is 18.2 Å². The Balaban J connectivity index is 1.88. The maximum atomic E-state index is 12.1. The predicted octanol–water partition coefficient (Wildman–Crippen LogP) is 1.85. The van der Waals surface area contributed by atoms with Gasteiger partial charge in [-0.05, 0) is 38.0 Å². The van der Waals surface area contributed by atoms with E-state index in [0.29, 0.717) is 50.6 Å². The van der Waals surface area contributed by atoms with E-state index in [1.807, 2.05) is 36.9 Å². The molecule has 1 saturated heterocycles. The van der Waals surface area contributed by atoms with Crippen LogP contribution in [0.3, 0.4) is 0 Å². The predicted molar refractivity (Wildman–Crippen MR) is 82.3 cm³/mol. The first-order valence-electron chi connectivity index (χ1n) is 7.47. The molecular weight excluding hydrogens is 268 g/mol. The molecule has 1 fully saturated rings. The fourth-order valence-corrected chi connectivity index (χ4v) is 2.34. The van der Waals surface area contributed by atoms with Crippen molar-refractivity contribution in [1.29, 1.82) is 0 Å². The lowest BCUT2D eigenvalue weighted by atomic mass is 10.1. The van der Waals surface area contributed by atoms with Crippen molar-refractivity contribution in [3.63, 3.8) is 0 Å². The Bertz CT molecular complexity index is 482. The maximum absolute atomic E-state index is 12.1. The summed E-state index contributed by atoms with van der Waals surface area (Å²) in [4.78, 5) is 13.9. The lowest BCUT2D eigenvalue weighted by Crippen LogP contribution is -2.40. The highest BCUT2D eigenvalue weighted by atomic mass is 16.5. The lowest BCUT2D eigenvalue weighted by molar-refractivity contribution is -0.135. The Morgan fingerprint density at radius 3 is 2.71 bits per heavy atom. The quantitative estimate of drug-likeness (QED) is 0.841. The number of ether oxygens (including phenoxy) is 2. The number of amides is 1. The standard InChI is InChI=1S/C16H24N2O3/c1-12(2)21-15-5-3-13(11-14(15)17)4-6-16(19)18-7-9-20-10-8-18/h3,5,11-12H,4,6-10,17H2,1-2H3. The van der Waals surface area contributed by atoms with E-state index < -0.39 is 0 Å². The highest BCUT2D eigenvalue weighted by molar-refractivity contribution is 5.76. The molecule has 0 saturated carbocycles. The number of nitrogens with zero attached hydrogens (tertiary/aromatic N) is 1. The van der Waals surface area contributed by atoms with Crippen molar-refractivity contribution in [3.05, 3.63) is 23.8 Å². The molecule has 0 aliphatic carbocycles. The van der Waals surface area contributed by atoms with E-state index in [0.717, 1.165) is 5.56 Å². The topological polar surface area (TPSA) is 64.8 Å². The van der Waals surface area contributed by atoms with Crippen LogP contribution in [-0.2, 0) is 16.0 Å². The molecule has 0 unspecified atom stereocenters. The number of hydrogen-bond acceptors (Lipinski definition) is 4. The number of carbonyl (C=O) groups excluding carboxylic acids is 1. The molecule has 1 heterocycles. The average molecular weight is 292 g/mol. The molecular formula is C16H24N2O3. The van der Waals surface area contributed by atoms with Gasteiger partial charge in [0, 0.05) is 19.5 Å². The molecule has 0 spiro atoms. The zero-order valence-electron chi connectivity index (χ0n) is 12.8. The van der Waals surface area contributed by atoms with Gasteiger partial charge in [0.05, 0.1) is 25.0 Å². The van der Waals surface area contributed by atoms with Gasteiger partial charge in [-0.2, -0.15) is 0 Å². The second-order valence-electron chi connectivity index (χ2n) is 5.53. The summed E-state index contributed by atoms with van der Waals surface area (Å²) >= 11 is 0. The summed E-state index contributed by atoms with van der Waals surface area (Å²) in [5.74, 6) is 0.882. The molecule has 116 valence electrons. The number of nitrogens with two attached hydrogens (primary N) is 1. The summed E-state index contributed by atoms with van der Waals surface area (Å²) in [6.07, 6.45) is 1.30. The van der Waals surface area contributed by atoms with E-state index in [-0.39, 0.29) is 12.0 Å². The van der Waals surface area contributed by atoms with Gasteiger partial charge in [-0.1, -0.05) is 6.07 Å². The summed E-state index contributed by atoms with van der Waals surface area (Å²) in [5, 5.41) is 0. The zero-order chi connectivity index (χ0) is 15.2. The number of aryl methyl sites for hydroxylation is 1. The molecule has 5 heteroatoms. The first kappa shape index (κ1) is 15.6. The third-order valence-corrected chi connectivity index (χ3v) is 3.43. The molecule has 0 atom stereocenters. The number of benzene rings is 1. The first-order chi connectivity index (χ1) is 10.1. The molecule has 1 aromatic rings. The zero-order valence-corrected chi connectivity index (χ0v) is 12.8. The third kappa shape index (κ3) is 4.63. The van der Waals surface area contributed by atoms with Crippen molar-refractivity contribution in [1.82, 2.24) is 4.90 Å². The number of morpholine rings is 1. The van der Waals surface area contributed by atoms with Crippen molar-refractivity contribution in [2.45, 2.75) is 32.8 Å². The fourth-order valence-electron chi connectivity index (χ4n) is 2.34. The van der Waals surface area contributed by atoms with Gasteiger partial charge in [-0.15, -0.1) is 0 Å². The molecule has 21 heavy (non-hydrogen) atoms. The summed E-state index contributed by atoms with van der Waals surface area (Å²) in [6, 6.07) is 5.74. The summed E-state index contributed by atoms with van der Waals surface area (Å²) < 4.78 is 10.9. The number of anilines is 1. The Hall–Kier alpha value is -1.75. The van der Waals surface area contributed by atoms with Gasteiger partial charge in [-0.3, -0.25) is 4.79 Å². The van der Waals surface area contributed by atoms with E-state index in [1.54, 1.807) is 0 Å². The van der Waals surface area contributed by atoms with E-state index >= 15 is 0 Å². The first-order valence-corrected chi connectivity index (χ1v) is 7.47. The molecule has 1 aliphatic rings. The summed E-state index contributed by atoms with van der Waals surface area (Å²) in [6.45, 7) is 6.60. The van der Waals surface area contributed by atoms with Crippen molar-refractivity contribution in [2.75, 3.05) is 32.0 Å². The molecule has 0 aromatic heterocycles. The van der Waals surface area contributed by atoms with Crippen LogP contribution in [0.2, 0.25) is 0 Å². The van der Waals surface area contributed by atoms with Gasteiger partial charge in [0.15, 0.2) is 0 Å². The molecule has 1 aliphatic heterocycles. The number of carbonyl (C=O) groups is 1. The van der Waals surface area contributed by atoms with Crippen LogP contribution in [-0.4, -0.2) is 43.2 Å². The average Bonchev–Trinajstić information content (AvgIpc) is 2.48. The highest BCUT2D eigenvalue weighted by Gasteiger charge is 2.16. The van der Waals surface area contributed by atoms with Crippen molar-refractivity contribution in [3.8, 4) is 5.75 Å². The van der Waals surface area contributed by atoms with Gasteiger partial charge in [0.2, 0.25) is 5.91 Å². The SMILES string of the molecule is CC(C)Oc1ccc(CCC(=O)N2CCOCC2)cc1N. The van der Waals surface area contributed by atoms with Crippen LogP contribution in [0.25, 0.3) is 0 Å². The lowest BCUT2D eigenvalue weighted by Gasteiger charge is -2.26. The van der Waals surface area contributed by atoms with Gasteiger partial charge in [-0.25, -0.2) is 0 Å². The number of rotatable bonds is 5. The van der Waals surface area contributed by atoms with E-state index in [2.05, 4.69) is 0 Å². The molecule has 1 amide bonds. The minimum Gasteiger partial charge on any atom is -0.489 e. The molecule has 0 radical (unpaired) electrons. The van der Waals surface area contributed by atoms with E-state index in [4.69, 9.17) is 15.2 Å². The summed E-state index contributed by atoms with van der Waals surface area (Å²) in [5.41, 5.74) is 7.67. The summed E-state index contributed by atoms with van der Waals surface area (Å²) in [7, 11) is 0. The van der Waals surface area contributed by atoms with Crippen LogP contribution in [0.1, 0.15) is 25.8 Å². The minimum absolute atomic E-state index is 0.0982. The molecule has 0 bridgehead atoms. The van der Waals surface area contributed by atoms with Crippen LogP contribution in [0.4, 0.5) is 5.69 Å². The maximum Gasteiger partial charge on any atom is 0.223 e. The Kier molecular flexibility index (Phi) is 5.44. The van der Waals surface area contributed by atoms with Crippen molar-refractivity contribution in [2.24, 2.45) is 0 Å². The fraction of sp³-hybridized carbons (Fsp3) is 0.562. The molecule has 1 aromatic carbocycles. The van der Waals surface area contributed by atoms with E-state index in [9.17, 15) is 4.79 Å². The monoisotopic (exact) mass is 292 g/mol.